The number of nitrogens with one attached hydrogen (secondary N) is 1. The van der Waals surface area contributed by atoms with Gasteiger partial charge in [-0.2, -0.15) is 0 Å². The molecule has 0 spiro atoms. The first kappa shape index (κ1) is 15.2. The summed E-state index contributed by atoms with van der Waals surface area (Å²) in [4.78, 5) is 19.5. The van der Waals surface area contributed by atoms with Gasteiger partial charge in [-0.05, 0) is 47.1 Å². The minimum absolute atomic E-state index is 0.242. The van der Waals surface area contributed by atoms with Crippen molar-refractivity contribution >= 4 is 33.4 Å². The zero-order chi connectivity index (χ0) is 15.4. The molecule has 0 atom stereocenters. The molecular weight excluding hydrogens is 336 g/mol. The zero-order valence-corrected chi connectivity index (χ0v) is 13.3. The van der Waals surface area contributed by atoms with Crippen molar-refractivity contribution in [2.45, 2.75) is 13.5 Å². The van der Waals surface area contributed by atoms with Crippen molar-refractivity contribution in [3.63, 3.8) is 0 Å². The van der Waals surface area contributed by atoms with Gasteiger partial charge in [-0.15, -0.1) is 0 Å². The smallest absolute Gasteiger partial charge is 0.335 e. The van der Waals surface area contributed by atoms with Crippen molar-refractivity contribution in [3.05, 3.63) is 46.1 Å². The molecule has 6 nitrogen and oxygen atoms in total. The second-order valence-electron chi connectivity index (χ2n) is 4.25. The lowest BCUT2D eigenvalue weighted by Gasteiger charge is -2.11. The Labute approximate surface area is 130 Å². The van der Waals surface area contributed by atoms with Crippen LogP contribution in [0.5, 0.6) is 0 Å². The van der Waals surface area contributed by atoms with Crippen molar-refractivity contribution in [2.75, 3.05) is 12.4 Å². The molecule has 0 aliphatic heterocycles. The summed E-state index contributed by atoms with van der Waals surface area (Å²) in [6, 6.07) is 6.47. The monoisotopic (exact) mass is 350 g/mol. The van der Waals surface area contributed by atoms with Crippen LogP contribution < -0.4 is 10.8 Å². The molecule has 0 radical (unpaired) electrons. The molecule has 0 bridgehead atoms. The largest absolute Gasteiger partial charge is 0.478 e. The van der Waals surface area contributed by atoms with Crippen LogP contribution in [-0.4, -0.2) is 27.7 Å². The first-order valence-corrected chi connectivity index (χ1v) is 7.14. The Morgan fingerprint density at radius 3 is 2.62 bits per heavy atom. The first-order chi connectivity index (χ1) is 10.0. The summed E-state index contributed by atoms with van der Waals surface area (Å²) >= 11 is 3.37. The summed E-state index contributed by atoms with van der Waals surface area (Å²) in [7, 11) is 1.70. The number of hydrogen-bond donors (Lipinski definition) is 2. The summed E-state index contributed by atoms with van der Waals surface area (Å²) in [5, 5.41) is 12.1. The van der Waals surface area contributed by atoms with Crippen LogP contribution in [0, 0.1) is 0 Å². The number of nitrogens with zero attached hydrogens (tertiary/aromatic N) is 3. The normalized spacial score (nSPS) is 11.5. The average Bonchev–Trinajstić information content (AvgIpc) is 2.47. The fourth-order valence-electron chi connectivity index (χ4n) is 1.90. The van der Waals surface area contributed by atoms with Crippen molar-refractivity contribution < 1.29 is 9.90 Å². The van der Waals surface area contributed by atoms with Gasteiger partial charge in [0.15, 0.2) is 11.3 Å². The van der Waals surface area contributed by atoms with E-state index in [0.29, 0.717) is 10.4 Å². The summed E-state index contributed by atoms with van der Waals surface area (Å²) in [5.74, 6) is -0.341. The van der Waals surface area contributed by atoms with Crippen LogP contribution in [0.1, 0.15) is 17.3 Å². The first-order valence-electron chi connectivity index (χ1n) is 6.35. The number of carboxylic acids is 1. The molecule has 2 aromatic rings. The molecule has 0 unspecified atom stereocenters. The summed E-state index contributed by atoms with van der Waals surface area (Å²) in [6.07, 6.45) is 1.86. The standard InChI is InChI=1S/C14H15BrN4O2/c1-3-19-8-11(15)18-12(13(19)16-2)17-10-6-4-9(5-7-10)14(20)21/h4-8H,3H2,1-2H3,(H,17,18)(H,20,21). The molecule has 1 aromatic carbocycles. The van der Waals surface area contributed by atoms with Gasteiger partial charge in [-0.1, -0.05) is 0 Å². The van der Waals surface area contributed by atoms with E-state index in [1.54, 1.807) is 31.3 Å². The number of aromatic nitrogens is 2. The molecule has 2 N–H and O–H groups in total. The Kier molecular flexibility index (Phi) is 4.74. The van der Waals surface area contributed by atoms with E-state index in [1.165, 1.54) is 0 Å². The number of carboxylic acid groups (broad SMARTS) is 1. The van der Waals surface area contributed by atoms with Crippen molar-refractivity contribution in [2.24, 2.45) is 4.99 Å². The van der Waals surface area contributed by atoms with Crippen molar-refractivity contribution in [1.29, 1.82) is 0 Å². The van der Waals surface area contributed by atoms with Gasteiger partial charge in [-0.3, -0.25) is 4.99 Å². The molecule has 1 heterocycles. The predicted octanol–water partition coefficient (Wildman–Crippen LogP) is 2.64. The highest BCUT2D eigenvalue weighted by molar-refractivity contribution is 9.10. The quantitative estimate of drug-likeness (QED) is 0.888. The topological polar surface area (TPSA) is 79.5 Å². The van der Waals surface area contributed by atoms with E-state index in [4.69, 9.17) is 5.11 Å². The minimum atomic E-state index is -0.949. The third-order valence-corrected chi connectivity index (χ3v) is 3.29. The average molecular weight is 351 g/mol. The fraction of sp³-hybridized carbons (Fsp3) is 0.214. The molecule has 0 amide bonds. The number of halogens is 1. The molecule has 7 heteroatoms. The lowest BCUT2D eigenvalue weighted by atomic mass is 10.2. The Bertz CT molecular complexity index is 723. The third kappa shape index (κ3) is 3.49. The maximum atomic E-state index is 10.8. The molecule has 21 heavy (non-hydrogen) atoms. The van der Waals surface area contributed by atoms with Crippen LogP contribution in [0.15, 0.2) is 40.1 Å². The van der Waals surface area contributed by atoms with Gasteiger partial charge >= 0.3 is 5.97 Å². The second-order valence-corrected chi connectivity index (χ2v) is 5.07. The van der Waals surface area contributed by atoms with Gasteiger partial charge < -0.3 is 15.0 Å². The summed E-state index contributed by atoms with van der Waals surface area (Å²) < 4.78 is 2.66. The third-order valence-electron chi connectivity index (χ3n) is 2.91. The van der Waals surface area contributed by atoms with Gasteiger partial charge in [0.2, 0.25) is 0 Å². The number of benzene rings is 1. The van der Waals surface area contributed by atoms with Crippen LogP contribution in [0.3, 0.4) is 0 Å². The Hall–Kier alpha value is -2.15. The van der Waals surface area contributed by atoms with Gasteiger partial charge in [0, 0.05) is 25.5 Å². The van der Waals surface area contributed by atoms with E-state index >= 15 is 0 Å². The lowest BCUT2D eigenvalue weighted by molar-refractivity contribution is 0.0697. The van der Waals surface area contributed by atoms with Crippen LogP contribution in [0.4, 0.5) is 11.5 Å². The SMILES string of the molecule is CCn1cc(Br)nc(Nc2ccc(C(=O)O)cc2)c1=NC. The Morgan fingerprint density at radius 2 is 2.10 bits per heavy atom. The van der Waals surface area contributed by atoms with E-state index < -0.39 is 5.97 Å². The highest BCUT2D eigenvalue weighted by atomic mass is 79.9. The zero-order valence-electron chi connectivity index (χ0n) is 11.7. The highest BCUT2D eigenvalue weighted by Crippen LogP contribution is 2.15. The Morgan fingerprint density at radius 1 is 1.43 bits per heavy atom. The number of carbonyl (C=O) groups is 1. The maximum Gasteiger partial charge on any atom is 0.335 e. The second kappa shape index (κ2) is 6.53. The fourth-order valence-corrected chi connectivity index (χ4v) is 2.33. The molecule has 0 aliphatic carbocycles. The molecule has 1 aromatic heterocycles. The van der Waals surface area contributed by atoms with E-state index in [0.717, 1.165) is 17.7 Å². The van der Waals surface area contributed by atoms with Crippen LogP contribution in [-0.2, 0) is 6.54 Å². The molecule has 0 saturated carbocycles. The molecular formula is C14H15BrN4O2. The molecule has 0 aliphatic rings. The van der Waals surface area contributed by atoms with E-state index in [-0.39, 0.29) is 5.56 Å². The van der Waals surface area contributed by atoms with E-state index in [9.17, 15) is 4.79 Å². The maximum absolute atomic E-state index is 10.8. The van der Waals surface area contributed by atoms with Gasteiger partial charge in [-0.25, -0.2) is 9.78 Å². The minimum Gasteiger partial charge on any atom is -0.478 e. The molecule has 0 fully saturated rings. The number of hydrogen-bond acceptors (Lipinski definition) is 4. The number of aromatic carboxylic acids is 1. The van der Waals surface area contributed by atoms with Crippen molar-refractivity contribution in [3.8, 4) is 0 Å². The molecule has 2 rings (SSSR count). The van der Waals surface area contributed by atoms with Gasteiger partial charge in [0.1, 0.15) is 4.60 Å². The van der Waals surface area contributed by atoms with E-state index in [2.05, 4.69) is 31.2 Å². The highest BCUT2D eigenvalue weighted by Gasteiger charge is 2.06. The summed E-state index contributed by atoms with van der Waals surface area (Å²) in [6.45, 7) is 2.78. The van der Waals surface area contributed by atoms with Crippen molar-refractivity contribution in [1.82, 2.24) is 9.55 Å². The van der Waals surface area contributed by atoms with Crippen LogP contribution in [0.2, 0.25) is 0 Å². The van der Waals surface area contributed by atoms with E-state index in [1.807, 2.05) is 17.7 Å². The number of rotatable bonds is 4. The van der Waals surface area contributed by atoms with Gasteiger partial charge in [0.25, 0.3) is 0 Å². The lowest BCUT2D eigenvalue weighted by Crippen LogP contribution is -2.24. The van der Waals surface area contributed by atoms with Crippen LogP contribution in [0.25, 0.3) is 0 Å². The molecule has 0 saturated heterocycles. The molecule has 110 valence electrons. The van der Waals surface area contributed by atoms with Crippen LogP contribution >= 0.6 is 15.9 Å². The Balaban J connectivity index is 2.39. The van der Waals surface area contributed by atoms with Gasteiger partial charge in [0.05, 0.1) is 5.56 Å². The summed E-state index contributed by atoms with van der Waals surface area (Å²) in [5.41, 5.74) is 1.72. The number of aryl methyl sites for hydroxylation is 1. The predicted molar refractivity (Wildman–Crippen MR) is 83.8 cm³/mol. The number of anilines is 2.